The van der Waals surface area contributed by atoms with Crippen molar-refractivity contribution in [1.29, 1.82) is 0 Å². The lowest BCUT2D eigenvalue weighted by atomic mass is 10.0. The van der Waals surface area contributed by atoms with Crippen molar-refractivity contribution < 1.29 is 19.1 Å². The average Bonchev–Trinajstić information content (AvgIpc) is 3.42. The molecule has 0 radical (unpaired) electrons. The standard InChI is InChI=1S/C15H14N2OS.C11H14O.C8H16O2.CH4/c1-10(2)18-15-14(13-8-5-9-19-13)16-11-6-3-4-7-12(11)17-15;1-8(2)11(12)10-6-4-9(3)5-7-10;1-6(2)7(9)10-8(3,4)5;/h3-10H,1-2H3;4-8H,1-3H3;6H,1-5H3;1H4. The molecule has 0 atom stereocenters. The molecule has 0 saturated heterocycles. The highest BCUT2D eigenvalue weighted by Gasteiger charge is 2.18. The molecular weight excluding hydrogens is 544 g/mol. The van der Waals surface area contributed by atoms with Crippen molar-refractivity contribution >= 4 is 34.1 Å². The van der Waals surface area contributed by atoms with Crippen molar-refractivity contribution in [1.82, 2.24) is 9.97 Å². The number of fused-ring (bicyclic) bond motifs is 1. The SMILES string of the molecule is C.CC(C)C(=O)OC(C)(C)C.CC(C)Oc1nc2ccccc2nc1-c1cccs1.Cc1ccc(C(=O)C(C)C)cc1. The van der Waals surface area contributed by atoms with E-state index in [1.807, 2.05) is 135 Å². The first-order valence-electron chi connectivity index (χ1n) is 14.0. The maximum absolute atomic E-state index is 11.5. The van der Waals surface area contributed by atoms with E-state index in [0.717, 1.165) is 27.2 Å². The predicted octanol–water partition coefficient (Wildman–Crippen LogP) is 9.60. The number of benzene rings is 2. The zero-order chi connectivity index (χ0) is 30.7. The Labute approximate surface area is 256 Å². The van der Waals surface area contributed by atoms with E-state index in [2.05, 4.69) is 4.98 Å². The average molecular weight is 593 g/mol. The van der Waals surface area contributed by atoms with Crippen LogP contribution in [0.3, 0.4) is 0 Å². The molecule has 0 aliphatic carbocycles. The Morgan fingerprint density at radius 1 is 0.786 bits per heavy atom. The van der Waals surface area contributed by atoms with Gasteiger partial charge in [0, 0.05) is 11.5 Å². The van der Waals surface area contributed by atoms with Crippen molar-refractivity contribution in [3.8, 4) is 16.5 Å². The van der Waals surface area contributed by atoms with Gasteiger partial charge in [-0.1, -0.05) is 83.1 Å². The summed E-state index contributed by atoms with van der Waals surface area (Å²) < 4.78 is 10.9. The molecule has 2 aromatic heterocycles. The van der Waals surface area contributed by atoms with E-state index in [-0.39, 0.29) is 42.7 Å². The van der Waals surface area contributed by atoms with Crippen LogP contribution >= 0.6 is 11.3 Å². The monoisotopic (exact) mass is 592 g/mol. The number of para-hydroxylation sites is 2. The molecule has 0 fully saturated rings. The fraction of sp³-hybridized carbons (Fsp3) is 0.429. The molecule has 7 heteroatoms. The normalized spacial score (nSPS) is 10.8. The molecular formula is C35H48N2O4S. The topological polar surface area (TPSA) is 78.4 Å². The molecule has 0 amide bonds. The number of carbonyl (C=O) groups excluding carboxylic acids is 2. The molecule has 228 valence electrons. The van der Waals surface area contributed by atoms with E-state index in [1.54, 1.807) is 11.3 Å². The molecule has 0 aliphatic rings. The largest absolute Gasteiger partial charge is 0.473 e. The van der Waals surface area contributed by atoms with Gasteiger partial charge in [0.2, 0.25) is 5.88 Å². The third-order valence-electron chi connectivity index (χ3n) is 5.38. The van der Waals surface area contributed by atoms with Gasteiger partial charge in [-0.2, -0.15) is 0 Å². The summed E-state index contributed by atoms with van der Waals surface area (Å²) in [6.07, 6.45) is 0.0779. The predicted molar refractivity (Wildman–Crippen MR) is 176 cm³/mol. The van der Waals surface area contributed by atoms with Gasteiger partial charge in [0.15, 0.2) is 5.78 Å². The van der Waals surface area contributed by atoms with Gasteiger partial charge < -0.3 is 9.47 Å². The number of thiophene rings is 1. The highest BCUT2D eigenvalue weighted by atomic mass is 32.1. The van der Waals surface area contributed by atoms with Gasteiger partial charge in [0.1, 0.15) is 11.3 Å². The minimum Gasteiger partial charge on any atom is -0.473 e. The number of ether oxygens (including phenoxy) is 2. The molecule has 0 aliphatic heterocycles. The molecule has 4 rings (SSSR count). The highest BCUT2D eigenvalue weighted by Crippen LogP contribution is 2.32. The maximum atomic E-state index is 11.5. The van der Waals surface area contributed by atoms with Gasteiger partial charge in [-0.15, -0.1) is 11.3 Å². The van der Waals surface area contributed by atoms with Crippen LogP contribution in [0.2, 0.25) is 0 Å². The number of hydrogen-bond donors (Lipinski definition) is 0. The van der Waals surface area contributed by atoms with E-state index in [4.69, 9.17) is 14.5 Å². The lowest BCUT2D eigenvalue weighted by Crippen LogP contribution is -2.26. The molecule has 0 bridgehead atoms. The van der Waals surface area contributed by atoms with Crippen molar-refractivity contribution in [3.63, 3.8) is 0 Å². The van der Waals surface area contributed by atoms with Crippen LogP contribution < -0.4 is 4.74 Å². The number of aryl methyl sites for hydroxylation is 1. The summed E-state index contributed by atoms with van der Waals surface area (Å²) in [6.45, 7) is 19.1. The third-order valence-corrected chi connectivity index (χ3v) is 6.26. The van der Waals surface area contributed by atoms with Gasteiger partial charge in [-0.3, -0.25) is 9.59 Å². The Balaban J connectivity index is 0.000000335. The van der Waals surface area contributed by atoms with Crippen LogP contribution in [0.1, 0.15) is 85.7 Å². The molecule has 6 nitrogen and oxygen atoms in total. The van der Waals surface area contributed by atoms with E-state index >= 15 is 0 Å². The molecule has 2 aromatic carbocycles. The molecule has 42 heavy (non-hydrogen) atoms. The number of esters is 1. The van der Waals surface area contributed by atoms with Crippen molar-refractivity contribution in [2.75, 3.05) is 0 Å². The van der Waals surface area contributed by atoms with Crippen LogP contribution in [0, 0.1) is 18.8 Å². The van der Waals surface area contributed by atoms with Crippen molar-refractivity contribution in [2.24, 2.45) is 11.8 Å². The lowest BCUT2D eigenvalue weighted by Gasteiger charge is -2.20. The Bertz CT molecular complexity index is 1390. The maximum Gasteiger partial charge on any atom is 0.308 e. The Morgan fingerprint density at radius 3 is 1.79 bits per heavy atom. The second kappa shape index (κ2) is 16.8. The molecule has 0 spiro atoms. The van der Waals surface area contributed by atoms with Gasteiger partial charge in [0.05, 0.1) is 27.9 Å². The quantitative estimate of drug-likeness (QED) is 0.164. The van der Waals surface area contributed by atoms with Gasteiger partial charge in [-0.25, -0.2) is 9.97 Å². The second-order valence-corrected chi connectivity index (χ2v) is 12.5. The number of hydrogen-bond acceptors (Lipinski definition) is 7. The van der Waals surface area contributed by atoms with E-state index in [9.17, 15) is 9.59 Å². The van der Waals surface area contributed by atoms with Crippen molar-refractivity contribution in [2.45, 2.75) is 88.4 Å². The van der Waals surface area contributed by atoms with Crippen LogP contribution in [-0.4, -0.2) is 33.4 Å². The van der Waals surface area contributed by atoms with Gasteiger partial charge in [0.25, 0.3) is 0 Å². The number of carbonyl (C=O) groups is 2. The van der Waals surface area contributed by atoms with Crippen LogP contribution in [0.15, 0.2) is 66.0 Å². The first-order chi connectivity index (χ1) is 19.2. The number of aromatic nitrogens is 2. The first-order valence-corrected chi connectivity index (χ1v) is 14.9. The van der Waals surface area contributed by atoms with Crippen LogP contribution in [0.4, 0.5) is 0 Å². The number of Topliss-reactive ketones (excluding diaryl/α,β-unsaturated/α-hetero) is 1. The van der Waals surface area contributed by atoms with Crippen LogP contribution in [0.5, 0.6) is 5.88 Å². The summed E-state index contributed by atoms with van der Waals surface area (Å²) in [5.74, 6) is 0.755. The van der Waals surface area contributed by atoms with Gasteiger partial charge in [-0.05, 0) is 65.1 Å². The minimum atomic E-state index is -0.346. The Kier molecular flexibility index (Phi) is 14.5. The van der Waals surface area contributed by atoms with Crippen LogP contribution in [-0.2, 0) is 9.53 Å². The summed E-state index contributed by atoms with van der Waals surface area (Å²) in [6, 6.07) is 19.6. The zero-order valence-electron chi connectivity index (χ0n) is 26.0. The third kappa shape index (κ3) is 12.1. The summed E-state index contributed by atoms with van der Waals surface area (Å²) in [7, 11) is 0. The molecule has 0 N–H and O–H groups in total. The highest BCUT2D eigenvalue weighted by molar-refractivity contribution is 7.13. The molecule has 4 aromatic rings. The summed E-state index contributed by atoms with van der Waals surface area (Å²) in [4.78, 5) is 32.8. The van der Waals surface area contributed by atoms with Crippen LogP contribution in [0.25, 0.3) is 21.6 Å². The van der Waals surface area contributed by atoms with E-state index < -0.39 is 0 Å². The lowest BCUT2D eigenvalue weighted by molar-refractivity contribution is -0.158. The summed E-state index contributed by atoms with van der Waals surface area (Å²) >= 11 is 1.64. The smallest absolute Gasteiger partial charge is 0.308 e. The number of nitrogens with zero attached hydrogens (tertiary/aromatic N) is 2. The molecule has 0 saturated carbocycles. The second-order valence-electron chi connectivity index (χ2n) is 11.6. The number of ketones is 1. The molecule has 0 unspecified atom stereocenters. The number of rotatable bonds is 6. The summed E-state index contributed by atoms with van der Waals surface area (Å²) in [5.41, 5.74) is 4.23. The van der Waals surface area contributed by atoms with Crippen molar-refractivity contribution in [3.05, 3.63) is 77.2 Å². The van der Waals surface area contributed by atoms with E-state index in [0.29, 0.717) is 5.88 Å². The summed E-state index contributed by atoms with van der Waals surface area (Å²) in [5, 5.41) is 2.03. The molecule has 2 heterocycles. The minimum absolute atomic E-state index is 0. The zero-order valence-corrected chi connectivity index (χ0v) is 26.8. The fourth-order valence-electron chi connectivity index (χ4n) is 3.33. The Hall–Kier alpha value is -3.58. The van der Waals surface area contributed by atoms with Gasteiger partial charge >= 0.3 is 5.97 Å². The van der Waals surface area contributed by atoms with E-state index in [1.165, 1.54) is 5.56 Å². The first kappa shape index (κ1) is 36.4. The fourth-order valence-corrected chi connectivity index (χ4v) is 4.04. The Morgan fingerprint density at radius 2 is 1.36 bits per heavy atom.